The van der Waals surface area contributed by atoms with Crippen LogP contribution in [0, 0.1) is 12.3 Å². The van der Waals surface area contributed by atoms with Crippen LogP contribution in [0.4, 0.5) is 0 Å². The number of nitrogens with zero attached hydrogens (tertiary/aromatic N) is 1. The number of amides is 2. The molecule has 2 N–H and O–H groups in total. The zero-order valence-corrected chi connectivity index (χ0v) is 16.8. The number of rotatable bonds is 6. The summed E-state index contributed by atoms with van der Waals surface area (Å²) < 4.78 is 5.41. The fraction of sp³-hybridized carbons (Fsp3) is 0.381. The fourth-order valence-electron chi connectivity index (χ4n) is 2.57. The number of carboxylic acid groups (broad SMARTS) is 1. The molecule has 0 saturated carbocycles. The molecule has 150 valence electrons. The molecule has 28 heavy (non-hydrogen) atoms. The summed E-state index contributed by atoms with van der Waals surface area (Å²) in [5.74, 6) is -0.818. The molecule has 0 saturated heterocycles. The van der Waals surface area contributed by atoms with E-state index in [1.165, 1.54) is 11.0 Å². The third kappa shape index (κ3) is 5.45. The molecular weight excluding hydrogens is 360 g/mol. The Morgan fingerprint density at radius 2 is 1.68 bits per heavy atom. The van der Waals surface area contributed by atoms with Gasteiger partial charge in [-0.3, -0.25) is 9.59 Å². The van der Waals surface area contributed by atoms with E-state index >= 15 is 0 Å². The molecule has 7 nitrogen and oxygen atoms in total. The highest BCUT2D eigenvalue weighted by atomic mass is 16.4. The SMILES string of the molecule is Cc1oc(CN(C)C(=O)c2ccc(C(=O)NCC(C)(C)C)cc2)cc1C(=O)O. The number of aryl methyl sites for hydroxylation is 1. The molecule has 1 aromatic heterocycles. The maximum atomic E-state index is 12.6. The van der Waals surface area contributed by atoms with Gasteiger partial charge in [0.2, 0.25) is 0 Å². The van der Waals surface area contributed by atoms with E-state index < -0.39 is 5.97 Å². The summed E-state index contributed by atoms with van der Waals surface area (Å²) >= 11 is 0. The number of carbonyl (C=O) groups excluding carboxylic acids is 2. The maximum Gasteiger partial charge on any atom is 0.339 e. The van der Waals surface area contributed by atoms with Crippen LogP contribution in [0.2, 0.25) is 0 Å². The zero-order chi connectivity index (χ0) is 21.1. The lowest BCUT2D eigenvalue weighted by Gasteiger charge is -2.19. The van der Waals surface area contributed by atoms with E-state index in [1.807, 2.05) is 20.8 Å². The van der Waals surface area contributed by atoms with Crippen LogP contribution in [-0.2, 0) is 6.54 Å². The topological polar surface area (TPSA) is 99.9 Å². The Morgan fingerprint density at radius 1 is 1.11 bits per heavy atom. The van der Waals surface area contributed by atoms with Crippen LogP contribution >= 0.6 is 0 Å². The number of benzene rings is 1. The zero-order valence-electron chi connectivity index (χ0n) is 16.8. The smallest absolute Gasteiger partial charge is 0.339 e. The fourth-order valence-corrected chi connectivity index (χ4v) is 2.57. The van der Waals surface area contributed by atoms with Crippen molar-refractivity contribution in [2.75, 3.05) is 13.6 Å². The Bertz CT molecular complexity index is 875. The predicted octanol–water partition coefficient (Wildman–Crippen LogP) is 3.33. The van der Waals surface area contributed by atoms with Crippen molar-refractivity contribution < 1.29 is 23.9 Å². The Hall–Kier alpha value is -3.09. The van der Waals surface area contributed by atoms with Crippen molar-refractivity contribution in [2.24, 2.45) is 5.41 Å². The summed E-state index contributed by atoms with van der Waals surface area (Å²) in [7, 11) is 1.60. The lowest BCUT2D eigenvalue weighted by atomic mass is 9.97. The van der Waals surface area contributed by atoms with Crippen molar-refractivity contribution in [2.45, 2.75) is 34.2 Å². The van der Waals surface area contributed by atoms with E-state index in [-0.39, 0.29) is 29.3 Å². The Balaban J connectivity index is 2.02. The molecule has 0 spiro atoms. The molecule has 0 atom stereocenters. The largest absolute Gasteiger partial charge is 0.478 e. The van der Waals surface area contributed by atoms with Crippen molar-refractivity contribution in [3.05, 3.63) is 58.5 Å². The van der Waals surface area contributed by atoms with Crippen LogP contribution < -0.4 is 5.32 Å². The number of hydrogen-bond acceptors (Lipinski definition) is 4. The minimum absolute atomic E-state index is 0.0149. The van der Waals surface area contributed by atoms with Gasteiger partial charge in [0.25, 0.3) is 11.8 Å². The summed E-state index contributed by atoms with van der Waals surface area (Å²) in [6.45, 7) is 8.36. The van der Waals surface area contributed by atoms with Gasteiger partial charge in [0, 0.05) is 24.7 Å². The Morgan fingerprint density at radius 3 is 2.18 bits per heavy atom. The standard InChI is InChI=1S/C21H26N2O5/c1-13-17(20(26)27)10-16(28-13)11-23(5)19(25)15-8-6-14(7-9-15)18(24)22-12-21(2,3)4/h6-10H,11-12H2,1-5H3,(H,22,24)(H,26,27). The number of hydrogen-bond donors (Lipinski definition) is 2. The van der Waals surface area contributed by atoms with E-state index in [9.17, 15) is 14.4 Å². The van der Waals surface area contributed by atoms with Crippen LogP contribution in [0.25, 0.3) is 0 Å². The van der Waals surface area contributed by atoms with Crippen molar-refractivity contribution >= 4 is 17.8 Å². The molecule has 0 bridgehead atoms. The molecule has 0 radical (unpaired) electrons. The van der Waals surface area contributed by atoms with Crippen LogP contribution in [0.5, 0.6) is 0 Å². The van der Waals surface area contributed by atoms with E-state index in [2.05, 4.69) is 5.32 Å². The summed E-state index contributed by atoms with van der Waals surface area (Å²) in [6.07, 6.45) is 0. The summed E-state index contributed by atoms with van der Waals surface area (Å²) in [5.41, 5.74) is 0.980. The second kappa shape index (κ2) is 8.29. The first-order valence-corrected chi connectivity index (χ1v) is 8.94. The van der Waals surface area contributed by atoms with Crippen molar-refractivity contribution in [3.8, 4) is 0 Å². The van der Waals surface area contributed by atoms with Crippen molar-refractivity contribution in [1.82, 2.24) is 10.2 Å². The van der Waals surface area contributed by atoms with Gasteiger partial charge in [-0.25, -0.2) is 4.79 Å². The molecule has 1 heterocycles. The monoisotopic (exact) mass is 386 g/mol. The molecule has 0 aliphatic carbocycles. The van der Waals surface area contributed by atoms with E-state index in [4.69, 9.17) is 9.52 Å². The summed E-state index contributed by atoms with van der Waals surface area (Å²) in [5, 5.41) is 11.9. The van der Waals surface area contributed by atoms with Crippen LogP contribution in [0.15, 0.2) is 34.7 Å². The van der Waals surface area contributed by atoms with Gasteiger partial charge in [-0.2, -0.15) is 0 Å². The molecular formula is C21H26N2O5. The third-order valence-corrected chi connectivity index (χ3v) is 4.11. The van der Waals surface area contributed by atoms with Gasteiger partial charge in [0.05, 0.1) is 6.54 Å². The normalized spacial score (nSPS) is 11.2. The average Bonchev–Trinajstić information content (AvgIpc) is 2.99. The second-order valence-electron chi connectivity index (χ2n) is 7.97. The number of furan rings is 1. The van der Waals surface area contributed by atoms with Gasteiger partial charge in [-0.1, -0.05) is 20.8 Å². The molecule has 0 unspecified atom stereocenters. The molecule has 2 rings (SSSR count). The van der Waals surface area contributed by atoms with E-state index in [0.717, 1.165) is 0 Å². The van der Waals surface area contributed by atoms with Crippen molar-refractivity contribution in [3.63, 3.8) is 0 Å². The van der Waals surface area contributed by atoms with Gasteiger partial charge in [0.1, 0.15) is 17.1 Å². The van der Waals surface area contributed by atoms with Gasteiger partial charge < -0.3 is 19.7 Å². The molecule has 7 heteroatoms. The number of aromatic carboxylic acids is 1. The summed E-state index contributed by atoms with van der Waals surface area (Å²) in [6, 6.07) is 7.84. The lowest BCUT2D eigenvalue weighted by Crippen LogP contribution is -2.32. The number of carbonyl (C=O) groups is 3. The minimum atomic E-state index is -1.07. The Labute approximate surface area is 164 Å². The number of nitrogens with one attached hydrogen (secondary N) is 1. The number of carboxylic acids is 1. The first-order valence-electron chi connectivity index (χ1n) is 8.94. The molecule has 0 aliphatic rings. The van der Waals surface area contributed by atoms with Crippen molar-refractivity contribution in [1.29, 1.82) is 0 Å². The second-order valence-corrected chi connectivity index (χ2v) is 7.97. The maximum absolute atomic E-state index is 12.6. The van der Waals surface area contributed by atoms with Gasteiger partial charge in [0.15, 0.2) is 0 Å². The van der Waals surface area contributed by atoms with Gasteiger partial charge >= 0.3 is 5.97 Å². The van der Waals surface area contributed by atoms with Crippen LogP contribution in [-0.4, -0.2) is 41.4 Å². The first kappa shape index (κ1) is 21.2. The highest BCUT2D eigenvalue weighted by Gasteiger charge is 2.18. The molecule has 1 aromatic carbocycles. The predicted molar refractivity (Wildman–Crippen MR) is 104 cm³/mol. The quantitative estimate of drug-likeness (QED) is 0.793. The molecule has 2 amide bonds. The van der Waals surface area contributed by atoms with Crippen LogP contribution in [0.3, 0.4) is 0 Å². The van der Waals surface area contributed by atoms with Crippen LogP contribution in [0.1, 0.15) is 63.4 Å². The average molecular weight is 386 g/mol. The highest BCUT2D eigenvalue weighted by molar-refractivity contribution is 5.97. The summed E-state index contributed by atoms with van der Waals surface area (Å²) in [4.78, 5) is 37.3. The minimum Gasteiger partial charge on any atom is -0.478 e. The molecule has 0 aliphatic heterocycles. The van der Waals surface area contributed by atoms with E-state index in [1.54, 1.807) is 38.2 Å². The van der Waals surface area contributed by atoms with Gasteiger partial charge in [-0.05, 0) is 42.7 Å². The highest BCUT2D eigenvalue weighted by Crippen LogP contribution is 2.17. The molecule has 0 fully saturated rings. The lowest BCUT2D eigenvalue weighted by molar-refractivity contribution is 0.0693. The molecule has 2 aromatic rings. The Kier molecular flexibility index (Phi) is 6.28. The first-order chi connectivity index (χ1) is 13.0. The van der Waals surface area contributed by atoms with E-state index in [0.29, 0.717) is 29.2 Å². The van der Waals surface area contributed by atoms with Gasteiger partial charge in [-0.15, -0.1) is 0 Å². The third-order valence-electron chi connectivity index (χ3n) is 4.11.